The summed E-state index contributed by atoms with van der Waals surface area (Å²) in [6, 6.07) is 7.90. The van der Waals surface area contributed by atoms with Crippen LogP contribution in [0.1, 0.15) is 34.4 Å². The summed E-state index contributed by atoms with van der Waals surface area (Å²) in [7, 11) is 0. The second-order valence-electron chi connectivity index (χ2n) is 4.61. The lowest BCUT2D eigenvalue weighted by Crippen LogP contribution is -2.24. The van der Waals surface area contributed by atoms with E-state index in [9.17, 15) is 9.59 Å². The highest BCUT2D eigenvalue weighted by Crippen LogP contribution is 2.06. The highest BCUT2D eigenvalue weighted by molar-refractivity contribution is 5.90. The van der Waals surface area contributed by atoms with Crippen molar-refractivity contribution < 1.29 is 14.0 Å². The zero-order valence-corrected chi connectivity index (χ0v) is 11.8. The molecule has 1 aromatic carbocycles. The minimum Gasteiger partial charge on any atom is -0.446 e. The molecular formula is C15H17N3O3. The van der Waals surface area contributed by atoms with E-state index in [1.54, 1.807) is 0 Å². The number of carbonyl (C=O) groups is 2. The third-order valence-corrected chi connectivity index (χ3v) is 3.04. The van der Waals surface area contributed by atoms with Gasteiger partial charge in [0.1, 0.15) is 6.26 Å². The van der Waals surface area contributed by atoms with E-state index in [1.165, 1.54) is 11.8 Å². The average molecular weight is 287 g/mol. The molecule has 1 aromatic heterocycles. The van der Waals surface area contributed by atoms with Crippen LogP contribution in [0.15, 0.2) is 34.9 Å². The Morgan fingerprint density at radius 3 is 2.48 bits per heavy atom. The SMILES string of the molecule is CCc1ccc(CC(=O)NCc2nc(C(N)=O)co2)cc1. The molecule has 2 aromatic rings. The molecule has 6 heteroatoms. The number of rotatable bonds is 6. The summed E-state index contributed by atoms with van der Waals surface area (Å²) >= 11 is 0. The molecule has 0 aliphatic heterocycles. The van der Waals surface area contributed by atoms with Gasteiger partial charge in [-0.1, -0.05) is 31.2 Å². The van der Waals surface area contributed by atoms with Gasteiger partial charge in [0, 0.05) is 0 Å². The van der Waals surface area contributed by atoms with Crippen molar-refractivity contribution in [3.05, 3.63) is 53.2 Å². The van der Waals surface area contributed by atoms with Gasteiger partial charge in [-0.15, -0.1) is 0 Å². The first-order chi connectivity index (χ1) is 10.1. The Balaban J connectivity index is 1.84. The van der Waals surface area contributed by atoms with Crippen molar-refractivity contribution in [2.24, 2.45) is 5.73 Å². The van der Waals surface area contributed by atoms with Crippen molar-refractivity contribution in [2.75, 3.05) is 0 Å². The summed E-state index contributed by atoms with van der Waals surface area (Å²) in [5.74, 6) is -0.552. The molecular weight excluding hydrogens is 270 g/mol. The second kappa shape index (κ2) is 6.69. The van der Waals surface area contributed by atoms with E-state index in [4.69, 9.17) is 10.2 Å². The van der Waals surface area contributed by atoms with Crippen molar-refractivity contribution >= 4 is 11.8 Å². The second-order valence-corrected chi connectivity index (χ2v) is 4.61. The van der Waals surface area contributed by atoms with Crippen molar-refractivity contribution in [1.82, 2.24) is 10.3 Å². The maximum atomic E-state index is 11.8. The van der Waals surface area contributed by atoms with Gasteiger partial charge >= 0.3 is 0 Å². The van der Waals surface area contributed by atoms with Gasteiger partial charge in [-0.25, -0.2) is 4.98 Å². The Hall–Kier alpha value is -2.63. The standard InChI is InChI=1S/C15H17N3O3/c1-2-10-3-5-11(6-4-10)7-13(19)17-8-14-18-12(9-21-14)15(16)20/h3-6,9H,2,7-8H2,1H3,(H2,16,20)(H,17,19). The molecule has 0 aliphatic carbocycles. The number of aromatic nitrogens is 1. The predicted molar refractivity (Wildman–Crippen MR) is 76.4 cm³/mol. The molecule has 0 spiro atoms. The molecule has 0 atom stereocenters. The molecule has 0 saturated heterocycles. The number of benzene rings is 1. The highest BCUT2D eigenvalue weighted by atomic mass is 16.3. The van der Waals surface area contributed by atoms with Crippen LogP contribution < -0.4 is 11.1 Å². The summed E-state index contributed by atoms with van der Waals surface area (Å²) in [5.41, 5.74) is 7.28. The minimum absolute atomic E-state index is 0.0504. The van der Waals surface area contributed by atoms with E-state index in [1.807, 2.05) is 24.3 Å². The number of nitrogens with one attached hydrogen (secondary N) is 1. The van der Waals surface area contributed by atoms with Crippen LogP contribution in [0.3, 0.4) is 0 Å². The highest BCUT2D eigenvalue weighted by Gasteiger charge is 2.10. The lowest BCUT2D eigenvalue weighted by atomic mass is 10.1. The molecule has 2 rings (SSSR count). The van der Waals surface area contributed by atoms with Crippen LogP contribution in [0.4, 0.5) is 0 Å². The number of amides is 2. The molecule has 1 heterocycles. The lowest BCUT2D eigenvalue weighted by molar-refractivity contribution is -0.120. The van der Waals surface area contributed by atoms with Crippen LogP contribution in [0.5, 0.6) is 0 Å². The van der Waals surface area contributed by atoms with Crippen LogP contribution in [-0.2, 0) is 24.2 Å². The third-order valence-electron chi connectivity index (χ3n) is 3.04. The van der Waals surface area contributed by atoms with E-state index < -0.39 is 5.91 Å². The number of oxazole rings is 1. The molecule has 0 fully saturated rings. The zero-order valence-electron chi connectivity index (χ0n) is 11.8. The maximum Gasteiger partial charge on any atom is 0.270 e. The fourth-order valence-electron chi connectivity index (χ4n) is 1.82. The Kier molecular flexibility index (Phi) is 4.71. The maximum absolute atomic E-state index is 11.8. The van der Waals surface area contributed by atoms with Crippen LogP contribution in [0.2, 0.25) is 0 Å². The molecule has 3 N–H and O–H groups in total. The van der Waals surface area contributed by atoms with E-state index in [-0.39, 0.29) is 30.5 Å². The Morgan fingerprint density at radius 1 is 1.24 bits per heavy atom. The van der Waals surface area contributed by atoms with Gasteiger partial charge in [0.25, 0.3) is 5.91 Å². The predicted octanol–water partition coefficient (Wildman–Crippen LogP) is 1.19. The first-order valence-electron chi connectivity index (χ1n) is 6.67. The molecule has 0 bridgehead atoms. The van der Waals surface area contributed by atoms with Crippen LogP contribution in [0.25, 0.3) is 0 Å². The zero-order chi connectivity index (χ0) is 15.2. The van der Waals surface area contributed by atoms with Crippen molar-refractivity contribution in [1.29, 1.82) is 0 Å². The molecule has 0 radical (unpaired) electrons. The number of nitrogens with two attached hydrogens (primary N) is 1. The Bertz CT molecular complexity index is 632. The van der Waals surface area contributed by atoms with Gasteiger partial charge < -0.3 is 15.5 Å². The average Bonchev–Trinajstić information content (AvgIpc) is 2.95. The van der Waals surface area contributed by atoms with Gasteiger partial charge in [0.15, 0.2) is 5.69 Å². The quantitative estimate of drug-likeness (QED) is 0.833. The number of nitrogens with zero attached hydrogens (tertiary/aromatic N) is 1. The number of carbonyl (C=O) groups excluding carboxylic acids is 2. The number of aryl methyl sites for hydroxylation is 1. The van der Waals surface area contributed by atoms with Crippen molar-refractivity contribution in [3.8, 4) is 0 Å². The first kappa shape index (κ1) is 14.8. The molecule has 110 valence electrons. The Labute approximate surface area is 122 Å². The monoisotopic (exact) mass is 287 g/mol. The van der Waals surface area contributed by atoms with Crippen molar-refractivity contribution in [3.63, 3.8) is 0 Å². The molecule has 0 saturated carbocycles. The first-order valence-corrected chi connectivity index (χ1v) is 6.67. The topological polar surface area (TPSA) is 98.2 Å². The number of hydrogen-bond acceptors (Lipinski definition) is 4. The summed E-state index contributed by atoms with van der Waals surface area (Å²) in [5, 5.41) is 2.68. The van der Waals surface area contributed by atoms with E-state index >= 15 is 0 Å². The van der Waals surface area contributed by atoms with Crippen molar-refractivity contribution in [2.45, 2.75) is 26.3 Å². The smallest absolute Gasteiger partial charge is 0.270 e. The third kappa shape index (κ3) is 4.17. The van der Waals surface area contributed by atoms with Gasteiger partial charge in [-0.2, -0.15) is 0 Å². The van der Waals surface area contributed by atoms with Gasteiger partial charge in [-0.05, 0) is 17.5 Å². The van der Waals surface area contributed by atoms with Crippen LogP contribution in [-0.4, -0.2) is 16.8 Å². The Morgan fingerprint density at radius 2 is 1.90 bits per heavy atom. The number of hydrogen-bond donors (Lipinski definition) is 2. The fraction of sp³-hybridized carbons (Fsp3) is 0.267. The van der Waals surface area contributed by atoms with Gasteiger partial charge in [-0.3, -0.25) is 9.59 Å². The minimum atomic E-state index is -0.660. The summed E-state index contributed by atoms with van der Waals surface area (Å²) < 4.78 is 5.03. The summed E-state index contributed by atoms with van der Waals surface area (Å²) in [6.07, 6.45) is 2.43. The largest absolute Gasteiger partial charge is 0.446 e. The normalized spacial score (nSPS) is 10.3. The van der Waals surface area contributed by atoms with Crippen LogP contribution >= 0.6 is 0 Å². The van der Waals surface area contributed by atoms with E-state index in [0.717, 1.165) is 12.0 Å². The van der Waals surface area contributed by atoms with Gasteiger partial charge in [0.2, 0.25) is 11.8 Å². The van der Waals surface area contributed by atoms with Gasteiger partial charge in [0.05, 0.1) is 13.0 Å². The van der Waals surface area contributed by atoms with E-state index in [2.05, 4.69) is 17.2 Å². The summed E-state index contributed by atoms with van der Waals surface area (Å²) in [6.45, 7) is 2.21. The van der Waals surface area contributed by atoms with E-state index in [0.29, 0.717) is 0 Å². The summed E-state index contributed by atoms with van der Waals surface area (Å²) in [4.78, 5) is 26.5. The van der Waals surface area contributed by atoms with Crippen LogP contribution in [0, 0.1) is 0 Å². The molecule has 6 nitrogen and oxygen atoms in total. The molecule has 2 amide bonds. The lowest BCUT2D eigenvalue weighted by Gasteiger charge is -2.04. The number of primary amides is 1. The molecule has 21 heavy (non-hydrogen) atoms. The molecule has 0 unspecified atom stereocenters. The fourth-order valence-corrected chi connectivity index (χ4v) is 1.82. The molecule has 0 aliphatic rings.